The molecule has 1 aliphatic heterocycles. The molecule has 2 amide bonds. The van der Waals surface area contributed by atoms with Crippen molar-refractivity contribution in [1.29, 1.82) is 0 Å². The largest absolute Gasteiger partial charge is 0.478 e. The number of hydrogen-bond acceptors (Lipinski definition) is 4. The summed E-state index contributed by atoms with van der Waals surface area (Å²) in [5.41, 5.74) is 3.59. The highest BCUT2D eigenvalue weighted by Crippen LogP contribution is 2.42. The molecule has 162 valence electrons. The van der Waals surface area contributed by atoms with E-state index in [0.29, 0.717) is 28.2 Å². The maximum atomic E-state index is 13.0. The molecule has 0 bridgehead atoms. The minimum Gasteiger partial charge on any atom is -0.478 e. The first-order valence-electron chi connectivity index (χ1n) is 11.0. The Hall–Kier alpha value is -3.54. The molecule has 1 saturated carbocycles. The van der Waals surface area contributed by atoms with Crippen LogP contribution in [0.4, 0.5) is 5.69 Å². The van der Waals surface area contributed by atoms with Gasteiger partial charge in [-0.25, -0.2) is 9.78 Å². The molecule has 0 unspecified atom stereocenters. The van der Waals surface area contributed by atoms with Crippen LogP contribution in [0, 0.1) is 24.7 Å². The topological polar surface area (TPSA) is 87.6 Å². The highest BCUT2D eigenvalue weighted by atomic mass is 16.4. The van der Waals surface area contributed by atoms with Crippen LogP contribution < -0.4 is 4.90 Å². The van der Waals surface area contributed by atoms with Crippen molar-refractivity contribution in [3.05, 3.63) is 59.7 Å². The molecular weight excluding hydrogens is 404 g/mol. The quantitative estimate of drug-likeness (QED) is 0.604. The zero-order valence-electron chi connectivity index (χ0n) is 18.0. The number of amides is 2. The predicted octanol–water partition coefficient (Wildman–Crippen LogP) is 4.83. The molecule has 3 atom stereocenters. The Morgan fingerprint density at radius 3 is 2.44 bits per heavy atom. The molecule has 0 radical (unpaired) electrons. The van der Waals surface area contributed by atoms with Crippen LogP contribution in [0.1, 0.15) is 42.1 Å². The van der Waals surface area contributed by atoms with Crippen molar-refractivity contribution in [3.63, 3.8) is 0 Å². The normalized spacial score (nSPS) is 22.9. The summed E-state index contributed by atoms with van der Waals surface area (Å²) in [6.45, 7) is 4.05. The molecular formula is C26H24N2O4. The number of carbonyl (C=O) groups is 3. The monoisotopic (exact) mass is 428 g/mol. The number of carbonyl (C=O) groups excluding carboxylic acids is 2. The lowest BCUT2D eigenvalue weighted by Gasteiger charge is -2.25. The lowest BCUT2D eigenvalue weighted by molar-refractivity contribution is -0.122. The van der Waals surface area contributed by atoms with E-state index < -0.39 is 5.97 Å². The van der Waals surface area contributed by atoms with Crippen molar-refractivity contribution in [1.82, 2.24) is 4.98 Å². The second kappa shape index (κ2) is 7.55. The number of nitrogens with zero attached hydrogens (tertiary/aromatic N) is 2. The fourth-order valence-corrected chi connectivity index (χ4v) is 5.09. The summed E-state index contributed by atoms with van der Waals surface area (Å²) in [5.74, 6) is -1.18. The molecule has 1 N–H and O–H groups in total. The number of carboxylic acids is 1. The zero-order valence-corrected chi connectivity index (χ0v) is 18.0. The SMILES string of the molecule is Cc1ccc2nc(-c3ccc(N4C(=O)[C@@H]5CC[C@@H](C)C[C@H]5C4=O)cc3)cc(C(=O)O)c2c1. The fourth-order valence-electron chi connectivity index (χ4n) is 5.09. The number of aryl methyl sites for hydroxylation is 1. The van der Waals surface area contributed by atoms with Crippen LogP contribution in [0.3, 0.4) is 0 Å². The van der Waals surface area contributed by atoms with Crippen LogP contribution in [0.25, 0.3) is 22.2 Å². The van der Waals surface area contributed by atoms with Gasteiger partial charge in [0.25, 0.3) is 0 Å². The van der Waals surface area contributed by atoms with E-state index in [1.165, 1.54) is 4.90 Å². The summed E-state index contributed by atoms with van der Waals surface area (Å²) in [5, 5.41) is 10.3. The van der Waals surface area contributed by atoms with E-state index in [2.05, 4.69) is 11.9 Å². The number of pyridine rings is 1. The third-order valence-corrected chi connectivity index (χ3v) is 6.80. The Morgan fingerprint density at radius 1 is 1.00 bits per heavy atom. The zero-order chi connectivity index (χ0) is 22.6. The third kappa shape index (κ3) is 3.27. The van der Waals surface area contributed by atoms with Crippen molar-refractivity contribution < 1.29 is 19.5 Å². The van der Waals surface area contributed by atoms with E-state index in [1.54, 1.807) is 30.3 Å². The number of fused-ring (bicyclic) bond motifs is 2. The summed E-state index contributed by atoms with van der Waals surface area (Å²) in [7, 11) is 0. The van der Waals surface area contributed by atoms with Gasteiger partial charge in [0, 0.05) is 10.9 Å². The van der Waals surface area contributed by atoms with Crippen LogP contribution in [0.2, 0.25) is 0 Å². The van der Waals surface area contributed by atoms with Crippen LogP contribution >= 0.6 is 0 Å². The van der Waals surface area contributed by atoms with E-state index >= 15 is 0 Å². The molecule has 1 aromatic heterocycles. The molecule has 0 spiro atoms. The summed E-state index contributed by atoms with van der Waals surface area (Å²) in [6, 6.07) is 14.2. The van der Waals surface area contributed by atoms with Gasteiger partial charge in [-0.2, -0.15) is 0 Å². The lowest BCUT2D eigenvalue weighted by Crippen LogP contribution is -2.30. The Bertz CT molecular complexity index is 1260. The predicted molar refractivity (Wildman–Crippen MR) is 121 cm³/mol. The van der Waals surface area contributed by atoms with Crippen LogP contribution in [0.5, 0.6) is 0 Å². The van der Waals surface area contributed by atoms with Crippen molar-refractivity contribution in [3.8, 4) is 11.3 Å². The second-order valence-corrected chi connectivity index (χ2v) is 9.07. The van der Waals surface area contributed by atoms with Gasteiger partial charge in [0.1, 0.15) is 0 Å². The van der Waals surface area contributed by atoms with Crippen molar-refractivity contribution in [2.45, 2.75) is 33.1 Å². The van der Waals surface area contributed by atoms with Crippen LogP contribution in [-0.4, -0.2) is 27.9 Å². The maximum Gasteiger partial charge on any atom is 0.336 e. The van der Waals surface area contributed by atoms with E-state index in [9.17, 15) is 19.5 Å². The highest BCUT2D eigenvalue weighted by Gasteiger charge is 2.49. The smallest absolute Gasteiger partial charge is 0.336 e. The van der Waals surface area contributed by atoms with Crippen molar-refractivity contribution in [2.75, 3.05) is 4.90 Å². The molecule has 2 heterocycles. The lowest BCUT2D eigenvalue weighted by atomic mass is 9.76. The number of aromatic nitrogens is 1. The number of hydrogen-bond donors (Lipinski definition) is 1. The van der Waals surface area contributed by atoms with Crippen molar-refractivity contribution >= 4 is 34.4 Å². The van der Waals surface area contributed by atoms with E-state index in [-0.39, 0.29) is 29.2 Å². The Labute approximate surface area is 185 Å². The summed E-state index contributed by atoms with van der Waals surface area (Å²) in [4.78, 5) is 43.7. The molecule has 1 aliphatic carbocycles. The summed E-state index contributed by atoms with van der Waals surface area (Å²) < 4.78 is 0. The van der Waals surface area contributed by atoms with Gasteiger partial charge >= 0.3 is 5.97 Å². The maximum absolute atomic E-state index is 13.0. The first kappa shape index (κ1) is 20.4. The summed E-state index contributed by atoms with van der Waals surface area (Å²) >= 11 is 0. The molecule has 3 aromatic rings. The minimum atomic E-state index is -1.01. The average molecular weight is 428 g/mol. The fraction of sp³-hybridized carbons (Fsp3) is 0.308. The Morgan fingerprint density at radius 2 is 1.72 bits per heavy atom. The highest BCUT2D eigenvalue weighted by molar-refractivity contribution is 6.22. The molecule has 2 fully saturated rings. The number of carboxylic acid groups (broad SMARTS) is 1. The van der Waals surface area contributed by atoms with Gasteiger partial charge in [0.15, 0.2) is 0 Å². The molecule has 6 nitrogen and oxygen atoms in total. The molecule has 6 heteroatoms. The van der Waals surface area contributed by atoms with Gasteiger partial charge in [-0.05, 0) is 62.4 Å². The third-order valence-electron chi connectivity index (χ3n) is 6.80. The number of anilines is 1. The van der Waals surface area contributed by atoms with Gasteiger partial charge in [-0.3, -0.25) is 14.5 Å². The van der Waals surface area contributed by atoms with E-state index in [4.69, 9.17) is 0 Å². The van der Waals surface area contributed by atoms with E-state index in [0.717, 1.165) is 30.4 Å². The van der Waals surface area contributed by atoms with Gasteiger partial charge < -0.3 is 5.11 Å². The Kier molecular flexibility index (Phi) is 4.81. The number of benzene rings is 2. The number of aromatic carboxylic acids is 1. The minimum absolute atomic E-state index is 0.105. The van der Waals surface area contributed by atoms with Gasteiger partial charge in [-0.1, -0.05) is 30.7 Å². The second-order valence-electron chi connectivity index (χ2n) is 9.07. The molecule has 2 aliphatic rings. The van der Waals surface area contributed by atoms with E-state index in [1.807, 2.05) is 25.1 Å². The van der Waals surface area contributed by atoms with Gasteiger partial charge in [-0.15, -0.1) is 0 Å². The molecule has 2 aromatic carbocycles. The molecule has 1 saturated heterocycles. The van der Waals surface area contributed by atoms with Gasteiger partial charge in [0.05, 0.1) is 34.3 Å². The van der Waals surface area contributed by atoms with Gasteiger partial charge in [0.2, 0.25) is 11.8 Å². The first-order valence-corrected chi connectivity index (χ1v) is 11.0. The number of imide groups is 1. The molecule has 5 rings (SSSR count). The summed E-state index contributed by atoms with van der Waals surface area (Å²) in [6.07, 6.45) is 2.51. The first-order chi connectivity index (χ1) is 15.3. The van der Waals surface area contributed by atoms with Crippen molar-refractivity contribution in [2.24, 2.45) is 17.8 Å². The molecule has 32 heavy (non-hydrogen) atoms. The Balaban J connectivity index is 1.50. The van der Waals surface area contributed by atoms with Crippen LogP contribution in [0.15, 0.2) is 48.5 Å². The standard InChI is InChI=1S/C26H24N2O4/c1-14-3-9-18-20(12-14)25(30)28(24(18)29)17-7-5-16(6-8-17)23-13-21(26(31)32)19-11-15(2)4-10-22(19)27-23/h4-8,10-11,13-14,18,20H,3,9,12H2,1-2H3,(H,31,32)/t14-,18-,20-/m1/s1. The number of rotatable bonds is 3. The average Bonchev–Trinajstić information content (AvgIpc) is 3.02. The van der Waals surface area contributed by atoms with Crippen LogP contribution in [-0.2, 0) is 9.59 Å².